The molecule has 2 aromatic carbocycles. The van der Waals surface area contributed by atoms with Gasteiger partial charge in [-0.3, -0.25) is 10.1 Å². The van der Waals surface area contributed by atoms with Crippen molar-refractivity contribution in [2.24, 2.45) is 0 Å². The molecule has 0 unspecified atom stereocenters. The molecule has 0 aliphatic carbocycles. The summed E-state index contributed by atoms with van der Waals surface area (Å²) < 4.78 is 55.6. The molecule has 1 aliphatic heterocycles. The van der Waals surface area contributed by atoms with Gasteiger partial charge in [0.25, 0.3) is 0 Å². The van der Waals surface area contributed by atoms with E-state index in [0.717, 1.165) is 17.7 Å². The Kier molecular flexibility index (Phi) is 6.75. The van der Waals surface area contributed by atoms with Crippen LogP contribution in [0.25, 0.3) is 0 Å². The Morgan fingerprint density at radius 2 is 1.80 bits per heavy atom. The fourth-order valence-corrected chi connectivity index (χ4v) is 4.36. The second-order valence-corrected chi connectivity index (χ2v) is 9.14. The second-order valence-electron chi connectivity index (χ2n) is 8.75. The maximum Gasteiger partial charge on any atom is 0.573 e. The SMILES string of the molecule is CC(C)(N[C@H]1C[C@H](c2cccc(F)c2)N(c2ccc(OC(F)(F)F)cc2)C1=O)c1ccc(Cl)nc1. The third-order valence-corrected chi connectivity index (χ3v) is 6.10. The molecule has 3 aromatic rings. The molecule has 0 saturated carbocycles. The molecule has 1 aromatic heterocycles. The molecule has 1 N–H and O–H groups in total. The molecule has 0 bridgehead atoms. The number of ether oxygens (including phenoxy) is 1. The van der Waals surface area contributed by atoms with Gasteiger partial charge in [-0.2, -0.15) is 0 Å². The number of nitrogens with one attached hydrogen (secondary N) is 1. The zero-order chi connectivity index (χ0) is 25.4. The molecule has 184 valence electrons. The molecule has 0 spiro atoms. The fraction of sp³-hybridized carbons (Fsp3) is 0.280. The number of halogens is 5. The lowest BCUT2D eigenvalue weighted by atomic mass is 9.93. The number of carbonyl (C=O) groups is 1. The Labute approximate surface area is 204 Å². The van der Waals surface area contributed by atoms with Gasteiger partial charge >= 0.3 is 6.36 Å². The van der Waals surface area contributed by atoms with Gasteiger partial charge in [-0.25, -0.2) is 9.37 Å². The van der Waals surface area contributed by atoms with Crippen LogP contribution in [0, 0.1) is 5.82 Å². The second kappa shape index (κ2) is 9.47. The summed E-state index contributed by atoms with van der Waals surface area (Å²) >= 11 is 5.89. The number of amides is 1. The van der Waals surface area contributed by atoms with Crippen LogP contribution in [-0.2, 0) is 10.3 Å². The highest BCUT2D eigenvalue weighted by atomic mass is 35.5. The summed E-state index contributed by atoms with van der Waals surface area (Å²) in [5, 5.41) is 3.70. The Morgan fingerprint density at radius 1 is 1.09 bits per heavy atom. The number of pyridine rings is 1. The third kappa shape index (κ3) is 5.74. The molecule has 10 heteroatoms. The number of carbonyl (C=O) groups excluding carboxylic acids is 1. The zero-order valence-electron chi connectivity index (χ0n) is 18.8. The molecular weight excluding hydrogens is 486 g/mol. The van der Waals surface area contributed by atoms with Crippen LogP contribution in [0.3, 0.4) is 0 Å². The molecule has 2 atom stereocenters. The van der Waals surface area contributed by atoms with Gasteiger partial charge in [0.1, 0.15) is 16.7 Å². The largest absolute Gasteiger partial charge is 0.573 e. The highest BCUT2D eigenvalue weighted by Gasteiger charge is 2.43. The molecule has 1 fully saturated rings. The van der Waals surface area contributed by atoms with E-state index in [2.05, 4.69) is 15.0 Å². The Hall–Kier alpha value is -3.17. The lowest BCUT2D eigenvalue weighted by Crippen LogP contribution is -2.47. The fourth-order valence-electron chi connectivity index (χ4n) is 4.25. The zero-order valence-corrected chi connectivity index (χ0v) is 19.6. The quantitative estimate of drug-likeness (QED) is 0.321. The topological polar surface area (TPSA) is 54.5 Å². The summed E-state index contributed by atoms with van der Waals surface area (Å²) in [6.07, 6.45) is -2.89. The number of nitrogens with zero attached hydrogens (tertiary/aromatic N) is 2. The van der Waals surface area contributed by atoms with E-state index >= 15 is 0 Å². The number of benzene rings is 2. The van der Waals surface area contributed by atoms with Crippen molar-refractivity contribution in [1.29, 1.82) is 0 Å². The number of aromatic nitrogens is 1. The number of anilines is 1. The van der Waals surface area contributed by atoms with Crippen molar-refractivity contribution in [1.82, 2.24) is 10.3 Å². The predicted octanol–water partition coefficient (Wildman–Crippen LogP) is 6.14. The van der Waals surface area contributed by atoms with Crippen molar-refractivity contribution in [2.45, 2.75) is 44.3 Å². The van der Waals surface area contributed by atoms with Gasteiger partial charge in [-0.1, -0.05) is 29.8 Å². The van der Waals surface area contributed by atoms with Gasteiger partial charge in [-0.15, -0.1) is 13.2 Å². The van der Waals surface area contributed by atoms with Crippen molar-refractivity contribution in [3.05, 3.63) is 89.0 Å². The van der Waals surface area contributed by atoms with Crippen LogP contribution in [-0.4, -0.2) is 23.3 Å². The number of alkyl halides is 3. The average molecular weight is 508 g/mol. The first-order chi connectivity index (χ1) is 16.4. The van der Waals surface area contributed by atoms with E-state index in [0.29, 0.717) is 22.8 Å². The molecule has 5 nitrogen and oxygen atoms in total. The van der Waals surface area contributed by atoms with E-state index in [-0.39, 0.29) is 5.91 Å². The molecule has 4 rings (SSSR count). The summed E-state index contributed by atoms with van der Waals surface area (Å²) in [6, 6.07) is 13.2. The third-order valence-electron chi connectivity index (χ3n) is 5.87. The average Bonchev–Trinajstić information content (AvgIpc) is 3.09. The van der Waals surface area contributed by atoms with E-state index < -0.39 is 35.6 Å². The predicted molar refractivity (Wildman–Crippen MR) is 124 cm³/mol. The van der Waals surface area contributed by atoms with E-state index in [1.807, 2.05) is 19.9 Å². The van der Waals surface area contributed by atoms with Gasteiger partial charge in [0.15, 0.2) is 0 Å². The summed E-state index contributed by atoms with van der Waals surface area (Å²) in [5.41, 5.74) is 1.09. The van der Waals surface area contributed by atoms with Crippen LogP contribution in [0.15, 0.2) is 66.9 Å². The van der Waals surface area contributed by atoms with Crippen LogP contribution in [0.2, 0.25) is 5.15 Å². The van der Waals surface area contributed by atoms with E-state index in [4.69, 9.17) is 11.6 Å². The summed E-state index contributed by atoms with van der Waals surface area (Å²) in [5.74, 6) is -1.15. The first kappa shape index (κ1) is 24.9. The molecule has 1 saturated heterocycles. The monoisotopic (exact) mass is 507 g/mol. The van der Waals surface area contributed by atoms with Crippen LogP contribution < -0.4 is 15.0 Å². The van der Waals surface area contributed by atoms with Gasteiger partial charge < -0.3 is 9.64 Å². The van der Waals surface area contributed by atoms with Gasteiger partial charge in [-0.05, 0) is 73.9 Å². The number of hydrogen-bond acceptors (Lipinski definition) is 4. The molecule has 1 amide bonds. The highest BCUT2D eigenvalue weighted by molar-refractivity contribution is 6.29. The lowest BCUT2D eigenvalue weighted by Gasteiger charge is -2.30. The minimum atomic E-state index is -4.83. The standard InChI is InChI=1S/C25H22ClF4N3O2/c1-24(2,16-6-11-22(26)31-14-16)32-20-13-21(15-4-3-5-17(27)12-15)33(23(20)34)18-7-9-19(10-8-18)35-25(28,29)30/h3-12,14,20-21,32H,13H2,1-2H3/t20-,21+/m0/s1. The van der Waals surface area contributed by atoms with Crippen LogP contribution >= 0.6 is 11.6 Å². The summed E-state index contributed by atoms with van der Waals surface area (Å²) in [6.45, 7) is 3.79. The number of rotatable bonds is 6. The minimum Gasteiger partial charge on any atom is -0.406 e. The summed E-state index contributed by atoms with van der Waals surface area (Å²) in [7, 11) is 0. The van der Waals surface area contributed by atoms with Crippen molar-refractivity contribution in [3.63, 3.8) is 0 Å². The molecular formula is C25H22ClF4N3O2. The summed E-state index contributed by atoms with van der Waals surface area (Å²) in [4.78, 5) is 19.1. The van der Waals surface area contributed by atoms with E-state index in [1.165, 1.54) is 29.2 Å². The molecule has 0 radical (unpaired) electrons. The highest BCUT2D eigenvalue weighted by Crippen LogP contribution is 2.39. The van der Waals surface area contributed by atoms with Gasteiger partial charge in [0.2, 0.25) is 5.91 Å². The van der Waals surface area contributed by atoms with Gasteiger partial charge in [0.05, 0.1) is 12.1 Å². The maximum absolute atomic E-state index is 14.0. The van der Waals surface area contributed by atoms with E-state index in [9.17, 15) is 22.4 Å². The molecule has 2 heterocycles. The molecule has 35 heavy (non-hydrogen) atoms. The Morgan fingerprint density at radius 3 is 2.40 bits per heavy atom. The normalized spacial score (nSPS) is 18.7. The van der Waals surface area contributed by atoms with E-state index in [1.54, 1.807) is 24.4 Å². The van der Waals surface area contributed by atoms with Crippen molar-refractivity contribution < 1.29 is 27.1 Å². The van der Waals surface area contributed by atoms with Crippen LogP contribution in [0.1, 0.15) is 37.4 Å². The Balaban J connectivity index is 1.65. The first-order valence-electron chi connectivity index (χ1n) is 10.8. The van der Waals surface area contributed by atoms with Crippen LogP contribution in [0.4, 0.5) is 23.2 Å². The first-order valence-corrected chi connectivity index (χ1v) is 11.1. The van der Waals surface area contributed by atoms with Gasteiger partial charge in [0, 0.05) is 17.4 Å². The molecule has 1 aliphatic rings. The van der Waals surface area contributed by atoms with Crippen molar-refractivity contribution in [2.75, 3.05) is 4.90 Å². The lowest BCUT2D eigenvalue weighted by molar-refractivity contribution is -0.274. The van der Waals surface area contributed by atoms with Crippen molar-refractivity contribution >= 4 is 23.2 Å². The Bertz CT molecular complexity index is 1200. The maximum atomic E-state index is 14.0. The van der Waals surface area contributed by atoms with Crippen LogP contribution in [0.5, 0.6) is 5.75 Å². The minimum absolute atomic E-state index is 0.293. The van der Waals surface area contributed by atoms with Crippen molar-refractivity contribution in [3.8, 4) is 5.75 Å². The smallest absolute Gasteiger partial charge is 0.406 e. The number of hydrogen-bond donors (Lipinski definition) is 1.